The number of rotatable bonds is 9. The number of ether oxygens (including phenoxy) is 2. The summed E-state index contributed by atoms with van der Waals surface area (Å²) in [7, 11) is 1.70. The highest BCUT2D eigenvalue weighted by Crippen LogP contribution is 2.34. The lowest BCUT2D eigenvalue weighted by Gasteiger charge is -2.17. The van der Waals surface area contributed by atoms with Crippen molar-refractivity contribution in [3.8, 4) is 28.6 Å². The van der Waals surface area contributed by atoms with Gasteiger partial charge in [-0.15, -0.1) is 0 Å². The van der Waals surface area contributed by atoms with Gasteiger partial charge in [0.15, 0.2) is 0 Å². The molecule has 4 rings (SSSR count). The van der Waals surface area contributed by atoms with Crippen LogP contribution in [0.4, 0.5) is 29.2 Å². The first-order valence-corrected chi connectivity index (χ1v) is 11.2. The molecule has 1 amide bonds. The summed E-state index contributed by atoms with van der Waals surface area (Å²) >= 11 is 0. The Morgan fingerprint density at radius 2 is 1.79 bits per heavy atom. The molecule has 2 aromatic heterocycles. The molecule has 0 bridgehead atoms. The number of pyridine rings is 1. The topological polar surface area (TPSA) is 98.3 Å². The summed E-state index contributed by atoms with van der Waals surface area (Å²) in [6.45, 7) is 1.71. The number of carbonyl (C=O) groups is 1. The molecule has 2 N–H and O–H groups in total. The molecule has 0 saturated heterocycles. The average molecular weight is 527 g/mol. The van der Waals surface area contributed by atoms with E-state index >= 15 is 0 Å². The lowest BCUT2D eigenvalue weighted by atomic mass is 10.1. The Morgan fingerprint density at radius 1 is 1.00 bits per heavy atom. The van der Waals surface area contributed by atoms with E-state index in [-0.39, 0.29) is 11.4 Å². The lowest BCUT2D eigenvalue weighted by Crippen LogP contribution is -2.33. The van der Waals surface area contributed by atoms with Gasteiger partial charge >= 0.3 is 12.5 Å². The van der Waals surface area contributed by atoms with Crippen molar-refractivity contribution in [2.24, 2.45) is 0 Å². The van der Waals surface area contributed by atoms with Crippen molar-refractivity contribution in [1.82, 2.24) is 15.0 Å². The van der Waals surface area contributed by atoms with E-state index in [2.05, 4.69) is 30.3 Å². The second-order valence-corrected chi connectivity index (χ2v) is 7.85. The zero-order chi connectivity index (χ0) is 27.3. The molecule has 2 heterocycles. The third-order valence-corrected chi connectivity index (χ3v) is 5.27. The van der Waals surface area contributed by atoms with Gasteiger partial charge in [-0.3, -0.25) is 4.79 Å². The highest BCUT2D eigenvalue weighted by atomic mass is 19.3. The summed E-state index contributed by atoms with van der Waals surface area (Å²) in [5.74, 6) is -0.171. The molecule has 0 aliphatic rings. The summed E-state index contributed by atoms with van der Waals surface area (Å²) in [4.78, 5) is 25.7. The number of carbonyl (C=O) groups excluding carboxylic acids is 1. The molecule has 0 unspecified atom stereocenters. The van der Waals surface area contributed by atoms with Crippen molar-refractivity contribution in [1.29, 1.82) is 0 Å². The number of hydrogen-bond acceptors (Lipinski definition) is 7. The standard InChI is InChI=1S/C26H21F4N5O3/c1-15-19(34-22(36)16-6-3-7-17(14-16)38-26(29,30)24(27)28)9-4-10-21(15)37-23-18(8-5-12-32-23)20-11-13-33-25(31-2)35-20/h3-14,24H,1-2H3,(H,34,36)(H,31,33,35). The molecular weight excluding hydrogens is 506 g/mol. The van der Waals surface area contributed by atoms with Gasteiger partial charge in [0.1, 0.15) is 11.5 Å². The predicted molar refractivity (Wildman–Crippen MR) is 132 cm³/mol. The van der Waals surface area contributed by atoms with Gasteiger partial charge in [-0.05, 0) is 55.5 Å². The number of aromatic nitrogens is 3. The molecule has 0 fully saturated rings. The number of amides is 1. The quantitative estimate of drug-likeness (QED) is 0.251. The van der Waals surface area contributed by atoms with Crippen LogP contribution < -0.4 is 20.1 Å². The predicted octanol–water partition coefficient (Wildman–Crippen LogP) is 6.17. The SMILES string of the molecule is CNc1nccc(-c2cccnc2Oc2cccc(NC(=O)c3cccc(OC(F)(F)C(F)F)c3)c2C)n1. The van der Waals surface area contributed by atoms with Crippen LogP contribution in [0, 0.1) is 6.92 Å². The van der Waals surface area contributed by atoms with Crippen LogP contribution in [0.2, 0.25) is 0 Å². The minimum Gasteiger partial charge on any atom is -0.438 e. The monoisotopic (exact) mass is 527 g/mol. The molecule has 4 aromatic rings. The molecule has 0 spiro atoms. The zero-order valence-corrected chi connectivity index (χ0v) is 20.1. The van der Waals surface area contributed by atoms with Gasteiger partial charge in [0.25, 0.3) is 5.91 Å². The van der Waals surface area contributed by atoms with Crippen molar-refractivity contribution in [3.05, 3.63) is 84.2 Å². The first kappa shape index (κ1) is 26.3. The fourth-order valence-corrected chi connectivity index (χ4v) is 3.36. The minimum absolute atomic E-state index is 0.0746. The molecule has 0 saturated carbocycles. The number of benzene rings is 2. The zero-order valence-electron chi connectivity index (χ0n) is 20.1. The Hall–Kier alpha value is -4.74. The Kier molecular flexibility index (Phi) is 7.70. The average Bonchev–Trinajstić information content (AvgIpc) is 2.91. The van der Waals surface area contributed by atoms with Crippen molar-refractivity contribution in [2.45, 2.75) is 19.5 Å². The molecule has 12 heteroatoms. The fraction of sp³-hybridized carbons (Fsp3) is 0.154. The highest BCUT2D eigenvalue weighted by Gasteiger charge is 2.44. The number of alkyl halides is 4. The van der Waals surface area contributed by atoms with Crippen molar-refractivity contribution >= 4 is 17.5 Å². The van der Waals surface area contributed by atoms with Gasteiger partial charge in [-0.25, -0.2) is 15.0 Å². The highest BCUT2D eigenvalue weighted by molar-refractivity contribution is 6.05. The van der Waals surface area contributed by atoms with Gasteiger partial charge in [-0.1, -0.05) is 12.1 Å². The van der Waals surface area contributed by atoms with E-state index in [0.29, 0.717) is 34.2 Å². The van der Waals surface area contributed by atoms with Gasteiger partial charge in [0.2, 0.25) is 11.8 Å². The van der Waals surface area contributed by atoms with E-state index in [1.54, 1.807) is 62.8 Å². The number of nitrogens with one attached hydrogen (secondary N) is 2. The van der Waals surface area contributed by atoms with Crippen LogP contribution in [-0.4, -0.2) is 40.4 Å². The molecule has 38 heavy (non-hydrogen) atoms. The Morgan fingerprint density at radius 3 is 2.55 bits per heavy atom. The maximum absolute atomic E-state index is 13.3. The van der Waals surface area contributed by atoms with E-state index in [1.807, 2.05) is 0 Å². The number of hydrogen-bond donors (Lipinski definition) is 2. The first-order chi connectivity index (χ1) is 18.2. The van der Waals surface area contributed by atoms with Gasteiger partial charge in [-0.2, -0.15) is 17.6 Å². The van der Waals surface area contributed by atoms with E-state index in [1.165, 1.54) is 12.1 Å². The van der Waals surface area contributed by atoms with E-state index in [4.69, 9.17) is 4.74 Å². The smallest absolute Gasteiger partial charge is 0.438 e. The van der Waals surface area contributed by atoms with Crippen LogP contribution in [0.1, 0.15) is 15.9 Å². The molecular formula is C26H21F4N5O3. The largest absolute Gasteiger partial charge is 0.461 e. The molecule has 196 valence electrons. The Labute approximate surface area is 214 Å². The molecule has 0 atom stereocenters. The van der Waals surface area contributed by atoms with Crippen LogP contribution in [0.3, 0.4) is 0 Å². The minimum atomic E-state index is -4.69. The van der Waals surface area contributed by atoms with Crippen LogP contribution in [0.15, 0.2) is 73.1 Å². The molecule has 0 aliphatic carbocycles. The second-order valence-electron chi connectivity index (χ2n) is 7.85. The van der Waals surface area contributed by atoms with Crippen LogP contribution in [0.25, 0.3) is 11.3 Å². The Balaban J connectivity index is 1.56. The fourth-order valence-electron chi connectivity index (χ4n) is 3.36. The maximum atomic E-state index is 13.3. The lowest BCUT2D eigenvalue weighted by molar-refractivity contribution is -0.253. The van der Waals surface area contributed by atoms with Crippen LogP contribution in [0.5, 0.6) is 17.4 Å². The summed E-state index contributed by atoms with van der Waals surface area (Å²) in [5.41, 5.74) is 2.03. The summed E-state index contributed by atoms with van der Waals surface area (Å²) in [6, 6.07) is 14.8. The summed E-state index contributed by atoms with van der Waals surface area (Å²) < 4.78 is 61.6. The maximum Gasteiger partial charge on any atom is 0.461 e. The van der Waals surface area contributed by atoms with Gasteiger partial charge in [0.05, 0.1) is 11.3 Å². The van der Waals surface area contributed by atoms with Crippen molar-refractivity contribution in [3.63, 3.8) is 0 Å². The number of nitrogens with zero attached hydrogens (tertiary/aromatic N) is 3. The molecule has 0 aliphatic heterocycles. The van der Waals surface area contributed by atoms with Crippen LogP contribution in [-0.2, 0) is 0 Å². The molecule has 8 nitrogen and oxygen atoms in total. The summed E-state index contributed by atoms with van der Waals surface area (Å²) in [5, 5.41) is 5.54. The third-order valence-electron chi connectivity index (χ3n) is 5.27. The molecule has 2 aromatic carbocycles. The normalized spacial score (nSPS) is 11.2. The van der Waals surface area contributed by atoms with Crippen molar-refractivity contribution < 1.29 is 31.8 Å². The van der Waals surface area contributed by atoms with E-state index < -0.39 is 24.2 Å². The Bertz CT molecular complexity index is 1450. The number of halogens is 4. The third kappa shape index (κ3) is 5.97. The van der Waals surface area contributed by atoms with Gasteiger partial charge < -0.3 is 20.1 Å². The first-order valence-electron chi connectivity index (χ1n) is 11.2. The van der Waals surface area contributed by atoms with Crippen LogP contribution >= 0.6 is 0 Å². The molecule has 0 radical (unpaired) electrons. The van der Waals surface area contributed by atoms with Gasteiger partial charge in [0, 0.05) is 36.3 Å². The number of anilines is 2. The van der Waals surface area contributed by atoms with Crippen molar-refractivity contribution in [2.75, 3.05) is 17.7 Å². The van der Waals surface area contributed by atoms with E-state index in [0.717, 1.165) is 12.1 Å². The van der Waals surface area contributed by atoms with E-state index in [9.17, 15) is 22.4 Å². The second kappa shape index (κ2) is 11.1. The summed E-state index contributed by atoms with van der Waals surface area (Å²) in [6.07, 6.45) is -5.56.